The fraction of sp³-hybridized carbons (Fsp3) is 0.462. The zero-order valence-corrected chi connectivity index (χ0v) is 10.4. The van der Waals surface area contributed by atoms with E-state index in [-0.39, 0.29) is 18.1 Å². The van der Waals surface area contributed by atoms with Crippen LogP contribution in [-0.4, -0.2) is 18.9 Å². The summed E-state index contributed by atoms with van der Waals surface area (Å²) in [6.07, 6.45) is 0.0865. The summed E-state index contributed by atoms with van der Waals surface area (Å²) in [5.41, 5.74) is 0.318. The molecule has 1 aliphatic rings. The van der Waals surface area contributed by atoms with E-state index in [1.165, 1.54) is 6.07 Å². The van der Waals surface area contributed by atoms with Gasteiger partial charge in [0.15, 0.2) is 0 Å². The molecule has 2 rings (SSSR count). The molecule has 1 aliphatic heterocycles. The molecule has 1 fully saturated rings. The zero-order valence-electron chi connectivity index (χ0n) is 9.67. The molecule has 1 aromatic carbocycles. The van der Waals surface area contributed by atoms with Gasteiger partial charge in [-0.25, -0.2) is 4.39 Å². The summed E-state index contributed by atoms with van der Waals surface area (Å²) >= 11 is 5.90. The van der Waals surface area contributed by atoms with Crippen LogP contribution in [0.4, 0.5) is 4.39 Å². The number of hydrogen-bond donors (Lipinski definition) is 1. The summed E-state index contributed by atoms with van der Waals surface area (Å²) in [6, 6.07) is 4.50. The van der Waals surface area contributed by atoms with Crippen LogP contribution in [-0.2, 0) is 11.2 Å². The number of nitrogens with one attached hydrogen (secondary N) is 1. The molecule has 0 aliphatic carbocycles. The second kappa shape index (κ2) is 5.15. The molecular formula is C13H15ClFNO. The predicted octanol–water partition coefficient (Wildman–Crippen LogP) is 2.45. The molecule has 1 aromatic rings. The van der Waals surface area contributed by atoms with E-state index in [0.717, 1.165) is 13.1 Å². The molecule has 0 spiro atoms. The van der Waals surface area contributed by atoms with Crippen molar-refractivity contribution in [2.75, 3.05) is 13.1 Å². The lowest BCUT2D eigenvalue weighted by atomic mass is 9.84. The molecule has 0 amide bonds. The molecule has 0 radical (unpaired) electrons. The van der Waals surface area contributed by atoms with Crippen molar-refractivity contribution in [2.24, 2.45) is 11.8 Å². The Morgan fingerprint density at radius 3 is 2.82 bits per heavy atom. The van der Waals surface area contributed by atoms with Crippen LogP contribution < -0.4 is 5.32 Å². The summed E-state index contributed by atoms with van der Waals surface area (Å²) in [6.45, 7) is 3.65. The van der Waals surface area contributed by atoms with Gasteiger partial charge in [-0.05, 0) is 31.1 Å². The maximum absolute atomic E-state index is 13.5. The molecule has 0 aromatic heterocycles. The Balaban J connectivity index is 2.07. The monoisotopic (exact) mass is 255 g/mol. The number of rotatable bonds is 4. The minimum absolute atomic E-state index is 0.0353. The largest absolute Gasteiger partial charge is 0.316 e. The number of Topliss-reactive ketones (excluding diaryl/α,β-unsaturated/α-hetero) is 1. The summed E-state index contributed by atoms with van der Waals surface area (Å²) in [7, 11) is 0. The fourth-order valence-electron chi connectivity index (χ4n) is 1.96. The van der Waals surface area contributed by atoms with Crippen molar-refractivity contribution in [3.8, 4) is 0 Å². The van der Waals surface area contributed by atoms with Crippen molar-refractivity contribution in [1.29, 1.82) is 0 Å². The Morgan fingerprint density at radius 2 is 2.29 bits per heavy atom. The number of hydrogen-bond acceptors (Lipinski definition) is 2. The number of carbonyl (C=O) groups excluding carboxylic acids is 1. The smallest absolute Gasteiger partial charge is 0.140 e. The van der Waals surface area contributed by atoms with Crippen LogP contribution >= 0.6 is 11.6 Å². The zero-order chi connectivity index (χ0) is 12.4. The second-order valence-electron chi connectivity index (χ2n) is 4.55. The van der Waals surface area contributed by atoms with E-state index in [9.17, 15) is 9.18 Å². The van der Waals surface area contributed by atoms with Crippen LogP contribution in [0.2, 0.25) is 5.02 Å². The molecule has 1 unspecified atom stereocenters. The van der Waals surface area contributed by atoms with Crippen molar-refractivity contribution in [1.82, 2.24) is 5.32 Å². The van der Waals surface area contributed by atoms with Gasteiger partial charge in [0.05, 0.1) is 0 Å². The number of ketones is 1. The molecule has 1 heterocycles. The number of carbonyl (C=O) groups is 1. The van der Waals surface area contributed by atoms with E-state index in [1.807, 2.05) is 6.92 Å². The van der Waals surface area contributed by atoms with E-state index in [1.54, 1.807) is 12.1 Å². The molecule has 0 saturated carbocycles. The van der Waals surface area contributed by atoms with Gasteiger partial charge in [0.1, 0.15) is 11.6 Å². The quantitative estimate of drug-likeness (QED) is 0.896. The average molecular weight is 256 g/mol. The van der Waals surface area contributed by atoms with Gasteiger partial charge in [0, 0.05) is 22.9 Å². The topological polar surface area (TPSA) is 29.1 Å². The van der Waals surface area contributed by atoms with Gasteiger partial charge in [0.2, 0.25) is 0 Å². The van der Waals surface area contributed by atoms with E-state index >= 15 is 0 Å². The van der Waals surface area contributed by atoms with Crippen molar-refractivity contribution >= 4 is 17.4 Å². The van der Waals surface area contributed by atoms with E-state index < -0.39 is 5.82 Å². The SMILES string of the molecule is CC(C(=O)Cc1c(F)cccc1Cl)C1CNC1. The third-order valence-corrected chi connectivity index (χ3v) is 3.79. The second-order valence-corrected chi connectivity index (χ2v) is 4.96. The Hall–Kier alpha value is -0.930. The van der Waals surface area contributed by atoms with Gasteiger partial charge in [-0.1, -0.05) is 24.6 Å². The lowest BCUT2D eigenvalue weighted by Gasteiger charge is -2.31. The maximum Gasteiger partial charge on any atom is 0.140 e. The predicted molar refractivity (Wildman–Crippen MR) is 65.6 cm³/mol. The molecule has 2 nitrogen and oxygen atoms in total. The molecule has 1 atom stereocenters. The third-order valence-electron chi connectivity index (χ3n) is 3.44. The van der Waals surface area contributed by atoms with Crippen LogP contribution in [0.3, 0.4) is 0 Å². The van der Waals surface area contributed by atoms with Crippen LogP contribution in [0, 0.1) is 17.7 Å². The summed E-state index contributed by atoms with van der Waals surface area (Å²) in [5.74, 6) is 0.00764. The van der Waals surface area contributed by atoms with Crippen LogP contribution in [0.25, 0.3) is 0 Å². The van der Waals surface area contributed by atoms with Gasteiger partial charge >= 0.3 is 0 Å². The molecule has 0 bridgehead atoms. The van der Waals surface area contributed by atoms with Gasteiger partial charge in [-0.2, -0.15) is 0 Å². The Morgan fingerprint density at radius 1 is 1.59 bits per heavy atom. The van der Waals surface area contributed by atoms with Gasteiger partial charge in [0.25, 0.3) is 0 Å². The Bertz CT molecular complexity index is 411. The summed E-state index contributed by atoms with van der Waals surface area (Å²) in [4.78, 5) is 12.0. The molecule has 1 saturated heterocycles. The minimum atomic E-state index is -0.398. The first kappa shape index (κ1) is 12.5. The highest BCUT2D eigenvalue weighted by atomic mass is 35.5. The normalized spacial score (nSPS) is 17.6. The fourth-order valence-corrected chi connectivity index (χ4v) is 2.19. The average Bonchev–Trinajstić information content (AvgIpc) is 2.21. The van der Waals surface area contributed by atoms with E-state index in [2.05, 4.69) is 5.32 Å². The van der Waals surface area contributed by atoms with Crippen molar-refractivity contribution in [3.63, 3.8) is 0 Å². The molecule has 4 heteroatoms. The maximum atomic E-state index is 13.5. The van der Waals surface area contributed by atoms with Gasteiger partial charge in [-0.3, -0.25) is 4.79 Å². The number of halogens is 2. The molecule has 17 heavy (non-hydrogen) atoms. The highest BCUT2D eigenvalue weighted by Gasteiger charge is 2.29. The Labute approximate surface area is 105 Å². The first-order valence-electron chi connectivity index (χ1n) is 5.76. The van der Waals surface area contributed by atoms with E-state index in [0.29, 0.717) is 16.5 Å². The minimum Gasteiger partial charge on any atom is -0.316 e. The summed E-state index contributed by atoms with van der Waals surface area (Å²) in [5, 5.41) is 3.46. The molecule has 1 N–H and O–H groups in total. The highest BCUT2D eigenvalue weighted by molar-refractivity contribution is 6.31. The van der Waals surface area contributed by atoms with Crippen LogP contribution in [0.15, 0.2) is 18.2 Å². The van der Waals surface area contributed by atoms with Crippen LogP contribution in [0.5, 0.6) is 0 Å². The Kier molecular flexibility index (Phi) is 3.79. The standard InChI is InChI=1S/C13H15ClFNO/c1-8(9-6-16-7-9)13(17)5-10-11(14)3-2-4-12(10)15/h2-4,8-9,16H,5-7H2,1H3. The van der Waals surface area contributed by atoms with E-state index in [4.69, 9.17) is 11.6 Å². The first-order valence-corrected chi connectivity index (χ1v) is 6.13. The lowest BCUT2D eigenvalue weighted by molar-refractivity contribution is -0.123. The van der Waals surface area contributed by atoms with Crippen molar-refractivity contribution in [3.05, 3.63) is 34.6 Å². The van der Waals surface area contributed by atoms with Crippen molar-refractivity contribution in [2.45, 2.75) is 13.3 Å². The third kappa shape index (κ3) is 2.67. The van der Waals surface area contributed by atoms with Crippen molar-refractivity contribution < 1.29 is 9.18 Å². The first-order chi connectivity index (χ1) is 8.09. The lowest BCUT2D eigenvalue weighted by Crippen LogP contribution is -2.47. The number of benzene rings is 1. The summed E-state index contributed by atoms with van der Waals surface area (Å²) < 4.78 is 13.5. The molecule has 92 valence electrons. The highest BCUT2D eigenvalue weighted by Crippen LogP contribution is 2.23. The van der Waals surface area contributed by atoms with Gasteiger partial charge in [-0.15, -0.1) is 0 Å². The van der Waals surface area contributed by atoms with Crippen LogP contribution in [0.1, 0.15) is 12.5 Å². The molecular weight excluding hydrogens is 241 g/mol. The van der Waals surface area contributed by atoms with Gasteiger partial charge < -0.3 is 5.32 Å².